The minimum atomic E-state index is -2.39. The largest absolute Gasteiger partial charge is 0.480 e. The van der Waals surface area contributed by atoms with Gasteiger partial charge in [0.05, 0.1) is 19.8 Å². The number of hydrogen-bond acceptors (Lipinski definition) is 13. The molecule has 10 atom stereocenters. The molecule has 2 aliphatic rings. The third-order valence-corrected chi connectivity index (χ3v) is 5.67. The van der Waals surface area contributed by atoms with Crippen LogP contribution in [0.15, 0.2) is 4.99 Å². The van der Waals surface area contributed by atoms with Crippen LogP contribution in [0, 0.1) is 0 Å². The van der Waals surface area contributed by atoms with E-state index in [1.807, 2.05) is 0 Å². The Balaban J connectivity index is 1.94. The molecule has 0 aromatic heterocycles. The number of nitrogens with zero attached hydrogens (tertiary/aromatic N) is 1. The van der Waals surface area contributed by atoms with Gasteiger partial charge in [-0.3, -0.25) is 15.1 Å². The van der Waals surface area contributed by atoms with E-state index < -0.39 is 86.6 Å². The zero-order valence-electron chi connectivity index (χ0n) is 18.3. The molecule has 0 saturated carbocycles. The number of aliphatic hydroxyl groups is 7. The van der Waals surface area contributed by atoms with Crippen LogP contribution in [0.25, 0.3) is 0 Å². The normalized spacial score (nSPS) is 39.4. The first-order valence-corrected chi connectivity index (χ1v) is 10.6. The number of rotatable bonds is 11. The first kappa shape index (κ1) is 28.5. The van der Waals surface area contributed by atoms with Crippen molar-refractivity contribution in [3.05, 3.63) is 0 Å². The second-order valence-electron chi connectivity index (χ2n) is 8.18. The molecule has 16 nitrogen and oxygen atoms in total. The molecule has 0 aromatic rings. The predicted octanol–water partition coefficient (Wildman–Crippen LogP) is -6.29. The zero-order valence-corrected chi connectivity index (χ0v) is 18.3. The standard InChI is InChI=1S/C18H34N4O12/c19-17(20)21-3-1-2-7(15(29)30)22-6-18(31)14(28)11(25)9(5-32-18)34-16-13(27)12(26)10(24)8(4-23)33-16/h7-14,16,22-28,31H,1-6H2,(H,29,30)(H4,19,20,21)/t7?,8-,9-,10-,11-,12+,13-,14+,16+,18-/m1/s1. The average molecular weight is 498 g/mol. The van der Waals surface area contributed by atoms with Gasteiger partial charge >= 0.3 is 5.97 Å². The fourth-order valence-corrected chi connectivity index (χ4v) is 3.59. The van der Waals surface area contributed by atoms with Crippen molar-refractivity contribution in [3.8, 4) is 0 Å². The van der Waals surface area contributed by atoms with Gasteiger partial charge in [0.2, 0.25) is 5.79 Å². The van der Waals surface area contributed by atoms with Crippen LogP contribution in [0.3, 0.4) is 0 Å². The van der Waals surface area contributed by atoms with Crippen molar-refractivity contribution in [1.29, 1.82) is 0 Å². The molecule has 0 aromatic carbocycles. The number of carboxylic acid groups (broad SMARTS) is 1. The fraction of sp³-hybridized carbons (Fsp3) is 0.889. The molecule has 2 heterocycles. The summed E-state index contributed by atoms with van der Waals surface area (Å²) in [5.41, 5.74) is 10.4. The van der Waals surface area contributed by atoms with Gasteiger partial charge in [0.15, 0.2) is 12.2 Å². The van der Waals surface area contributed by atoms with Gasteiger partial charge in [0.25, 0.3) is 0 Å². The van der Waals surface area contributed by atoms with Gasteiger partial charge in [0, 0.05) is 6.54 Å². The Labute approximate surface area is 194 Å². The Morgan fingerprint density at radius 2 is 1.82 bits per heavy atom. The summed E-state index contributed by atoms with van der Waals surface area (Å²) < 4.78 is 15.8. The highest BCUT2D eigenvalue weighted by molar-refractivity contribution is 5.75. The van der Waals surface area contributed by atoms with Gasteiger partial charge in [-0.25, -0.2) is 0 Å². The van der Waals surface area contributed by atoms with Crippen LogP contribution in [0.1, 0.15) is 12.8 Å². The van der Waals surface area contributed by atoms with Crippen LogP contribution in [0.5, 0.6) is 0 Å². The van der Waals surface area contributed by atoms with E-state index in [2.05, 4.69) is 10.3 Å². The first-order valence-electron chi connectivity index (χ1n) is 10.6. The number of carbonyl (C=O) groups is 1. The third-order valence-electron chi connectivity index (χ3n) is 5.67. The molecule has 34 heavy (non-hydrogen) atoms. The monoisotopic (exact) mass is 498 g/mol. The summed E-state index contributed by atoms with van der Waals surface area (Å²) in [6.07, 6.45) is -12.7. The van der Waals surface area contributed by atoms with Gasteiger partial charge in [-0.2, -0.15) is 0 Å². The van der Waals surface area contributed by atoms with E-state index in [1.165, 1.54) is 0 Å². The molecule has 2 fully saturated rings. The van der Waals surface area contributed by atoms with Crippen LogP contribution in [-0.4, -0.2) is 140 Å². The molecule has 0 radical (unpaired) electrons. The number of carboxylic acids is 1. The molecule has 1 unspecified atom stereocenters. The minimum Gasteiger partial charge on any atom is -0.480 e. The summed E-state index contributed by atoms with van der Waals surface area (Å²) in [5, 5.41) is 82.3. The molecule has 2 saturated heterocycles. The minimum absolute atomic E-state index is 0.0870. The summed E-state index contributed by atoms with van der Waals surface area (Å²) in [6, 6.07) is -1.14. The molecule has 16 heteroatoms. The lowest BCUT2D eigenvalue weighted by molar-refractivity contribution is -0.361. The quantitative estimate of drug-likeness (QED) is 0.0717. The van der Waals surface area contributed by atoms with Crippen LogP contribution in [-0.2, 0) is 19.0 Å². The lowest BCUT2D eigenvalue weighted by atomic mass is 9.95. The first-order chi connectivity index (χ1) is 15.9. The van der Waals surface area contributed by atoms with Gasteiger partial charge in [0.1, 0.15) is 48.8 Å². The molecule has 13 N–H and O–H groups in total. The SMILES string of the molecule is NC(N)=NCCCC(NC[C@@]1(O)OC[C@@H](O[C@@H]2O[C@H](CO)[C@@H](O)[C@H](O)[C@H]2O)[C@@H](O)[C@@H]1O)C(=O)O. The maximum atomic E-state index is 11.5. The zero-order chi connectivity index (χ0) is 25.6. The Morgan fingerprint density at radius 1 is 1.15 bits per heavy atom. The van der Waals surface area contributed by atoms with E-state index in [-0.39, 0.29) is 18.9 Å². The number of aliphatic hydroxyl groups excluding tert-OH is 6. The summed E-state index contributed by atoms with van der Waals surface area (Å²) in [6.45, 7) is -1.60. The predicted molar refractivity (Wildman–Crippen MR) is 111 cm³/mol. The van der Waals surface area contributed by atoms with Crippen LogP contribution in [0.2, 0.25) is 0 Å². The van der Waals surface area contributed by atoms with E-state index in [4.69, 9.17) is 25.7 Å². The fourth-order valence-electron chi connectivity index (χ4n) is 3.59. The average Bonchev–Trinajstić information content (AvgIpc) is 2.78. The number of nitrogens with one attached hydrogen (secondary N) is 1. The van der Waals surface area contributed by atoms with Crippen molar-refractivity contribution in [2.45, 2.75) is 73.7 Å². The molecule has 0 spiro atoms. The van der Waals surface area contributed by atoms with E-state index in [0.717, 1.165) is 0 Å². The number of aliphatic carboxylic acids is 1. The lowest BCUT2D eigenvalue weighted by Crippen LogP contribution is -2.67. The van der Waals surface area contributed by atoms with Crippen LogP contribution < -0.4 is 16.8 Å². The van der Waals surface area contributed by atoms with Gasteiger partial charge < -0.3 is 66.5 Å². The van der Waals surface area contributed by atoms with E-state index in [9.17, 15) is 45.6 Å². The van der Waals surface area contributed by atoms with Crippen molar-refractivity contribution in [3.63, 3.8) is 0 Å². The summed E-state index contributed by atoms with van der Waals surface area (Å²) >= 11 is 0. The molecular weight excluding hydrogens is 464 g/mol. The highest BCUT2D eigenvalue weighted by atomic mass is 16.7. The number of nitrogens with two attached hydrogens (primary N) is 2. The molecule has 2 rings (SSSR count). The van der Waals surface area contributed by atoms with Crippen LogP contribution >= 0.6 is 0 Å². The second-order valence-corrected chi connectivity index (χ2v) is 8.18. The number of guanidine groups is 1. The molecule has 198 valence electrons. The second kappa shape index (κ2) is 12.3. The Bertz CT molecular complexity index is 696. The highest BCUT2D eigenvalue weighted by Gasteiger charge is 2.52. The molecule has 0 bridgehead atoms. The summed E-state index contributed by atoms with van der Waals surface area (Å²) in [4.78, 5) is 15.2. The van der Waals surface area contributed by atoms with E-state index in [0.29, 0.717) is 6.42 Å². The molecule has 0 aliphatic carbocycles. The molecular formula is C18H34N4O12. The maximum absolute atomic E-state index is 11.5. The van der Waals surface area contributed by atoms with Gasteiger partial charge in [-0.05, 0) is 12.8 Å². The Morgan fingerprint density at radius 3 is 2.41 bits per heavy atom. The van der Waals surface area contributed by atoms with Crippen LogP contribution in [0.4, 0.5) is 0 Å². The van der Waals surface area contributed by atoms with Crippen molar-refractivity contribution in [2.75, 3.05) is 26.3 Å². The van der Waals surface area contributed by atoms with E-state index >= 15 is 0 Å². The highest BCUT2D eigenvalue weighted by Crippen LogP contribution is 2.29. The Kier molecular flexibility index (Phi) is 10.3. The van der Waals surface area contributed by atoms with Crippen molar-refractivity contribution in [1.82, 2.24) is 5.32 Å². The third kappa shape index (κ3) is 6.92. The number of ether oxygens (including phenoxy) is 3. The molecule has 0 amide bonds. The van der Waals surface area contributed by atoms with Gasteiger partial charge in [-0.1, -0.05) is 0 Å². The van der Waals surface area contributed by atoms with E-state index in [1.54, 1.807) is 0 Å². The van der Waals surface area contributed by atoms with Crippen molar-refractivity contribution < 1.29 is 59.9 Å². The molecule has 2 aliphatic heterocycles. The Hall–Kier alpha value is -1.70. The van der Waals surface area contributed by atoms with Crippen molar-refractivity contribution in [2.24, 2.45) is 16.5 Å². The lowest BCUT2D eigenvalue weighted by Gasteiger charge is -2.46. The maximum Gasteiger partial charge on any atom is 0.320 e. The number of aliphatic imine (C=N–C) groups is 1. The number of hydrogen-bond donors (Lipinski definition) is 11. The summed E-state index contributed by atoms with van der Waals surface area (Å²) in [7, 11) is 0. The smallest absolute Gasteiger partial charge is 0.320 e. The topological polar surface area (TPSA) is 283 Å². The van der Waals surface area contributed by atoms with Gasteiger partial charge in [-0.15, -0.1) is 0 Å². The summed E-state index contributed by atoms with van der Waals surface area (Å²) in [5.74, 6) is -3.76. The van der Waals surface area contributed by atoms with Crippen molar-refractivity contribution >= 4 is 11.9 Å².